The van der Waals surface area contributed by atoms with Crippen LogP contribution in [0.1, 0.15) is 36.5 Å². The second-order valence-electron chi connectivity index (χ2n) is 5.89. The molecule has 20 heavy (non-hydrogen) atoms. The highest BCUT2D eigenvalue weighted by Gasteiger charge is 2.29. The van der Waals surface area contributed by atoms with Crippen LogP contribution in [-0.4, -0.2) is 48.0 Å². The van der Waals surface area contributed by atoms with Gasteiger partial charge in [0, 0.05) is 30.9 Å². The van der Waals surface area contributed by atoms with E-state index < -0.39 is 0 Å². The Labute approximate surface area is 120 Å². The van der Waals surface area contributed by atoms with Gasteiger partial charge in [0.1, 0.15) is 5.75 Å². The molecule has 0 saturated carbocycles. The molecular formula is C16H22N2O2. The number of nitrogens with zero attached hydrogens (tertiary/aromatic N) is 2. The normalized spacial score (nSPS) is 23.4. The van der Waals surface area contributed by atoms with Gasteiger partial charge in [0.05, 0.1) is 5.56 Å². The average Bonchev–Trinajstić information content (AvgIpc) is 3.09. The third-order valence-corrected chi connectivity index (χ3v) is 4.55. The van der Waals surface area contributed by atoms with Crippen molar-refractivity contribution in [3.63, 3.8) is 0 Å². The zero-order valence-electron chi connectivity index (χ0n) is 12.0. The minimum atomic E-state index is -0.0922. The van der Waals surface area contributed by atoms with E-state index in [1.165, 1.54) is 39.3 Å². The van der Waals surface area contributed by atoms with E-state index in [0.717, 1.165) is 18.8 Å². The number of hydrogen-bond acceptors (Lipinski definition) is 4. The molecule has 2 saturated heterocycles. The number of carbonyl (C=O) groups excluding carboxylic acids is 1. The van der Waals surface area contributed by atoms with E-state index in [9.17, 15) is 9.90 Å². The monoisotopic (exact) mass is 274 g/mol. The van der Waals surface area contributed by atoms with Gasteiger partial charge in [-0.05, 0) is 51.4 Å². The molecule has 1 unspecified atom stereocenters. The number of benzene rings is 1. The van der Waals surface area contributed by atoms with Crippen LogP contribution in [0.5, 0.6) is 5.75 Å². The van der Waals surface area contributed by atoms with E-state index in [1.54, 1.807) is 12.1 Å². The summed E-state index contributed by atoms with van der Waals surface area (Å²) in [6.45, 7) is 5.99. The summed E-state index contributed by atoms with van der Waals surface area (Å²) in [5.74, 6) is 0.00466. The smallest absolute Gasteiger partial charge is 0.163 e. The number of ketones is 1. The minimum absolute atomic E-state index is 0.0922. The molecule has 0 bridgehead atoms. The summed E-state index contributed by atoms with van der Waals surface area (Å²) < 4.78 is 0. The van der Waals surface area contributed by atoms with Crippen molar-refractivity contribution in [2.24, 2.45) is 0 Å². The Morgan fingerprint density at radius 3 is 2.65 bits per heavy atom. The molecule has 108 valence electrons. The Kier molecular flexibility index (Phi) is 3.66. The number of aromatic hydroxyl groups is 1. The van der Waals surface area contributed by atoms with Crippen LogP contribution in [-0.2, 0) is 0 Å². The van der Waals surface area contributed by atoms with Crippen molar-refractivity contribution in [1.82, 2.24) is 4.90 Å². The van der Waals surface area contributed by atoms with Gasteiger partial charge in [-0.2, -0.15) is 0 Å². The molecule has 1 aromatic rings. The molecule has 4 heteroatoms. The third kappa shape index (κ3) is 2.52. The van der Waals surface area contributed by atoms with Crippen LogP contribution in [0.3, 0.4) is 0 Å². The predicted molar refractivity (Wildman–Crippen MR) is 79.5 cm³/mol. The van der Waals surface area contributed by atoms with Crippen molar-refractivity contribution in [3.8, 4) is 5.75 Å². The van der Waals surface area contributed by atoms with Crippen LogP contribution in [0.25, 0.3) is 0 Å². The summed E-state index contributed by atoms with van der Waals surface area (Å²) in [5.41, 5.74) is 1.43. The van der Waals surface area contributed by atoms with Gasteiger partial charge in [-0.3, -0.25) is 9.69 Å². The highest BCUT2D eigenvalue weighted by atomic mass is 16.3. The van der Waals surface area contributed by atoms with Gasteiger partial charge in [0.15, 0.2) is 5.78 Å². The van der Waals surface area contributed by atoms with Crippen molar-refractivity contribution in [1.29, 1.82) is 0 Å². The molecule has 1 aromatic carbocycles. The third-order valence-electron chi connectivity index (χ3n) is 4.55. The van der Waals surface area contributed by atoms with E-state index in [1.807, 2.05) is 6.07 Å². The van der Waals surface area contributed by atoms with Gasteiger partial charge < -0.3 is 10.0 Å². The lowest BCUT2D eigenvalue weighted by Crippen LogP contribution is -2.35. The maximum atomic E-state index is 11.3. The summed E-state index contributed by atoms with van der Waals surface area (Å²) in [7, 11) is 0. The largest absolute Gasteiger partial charge is 0.507 e. The van der Waals surface area contributed by atoms with Crippen LogP contribution in [0.4, 0.5) is 5.69 Å². The fourth-order valence-electron chi connectivity index (χ4n) is 3.40. The summed E-state index contributed by atoms with van der Waals surface area (Å²) in [5, 5.41) is 9.94. The summed E-state index contributed by atoms with van der Waals surface area (Å²) >= 11 is 0. The van der Waals surface area contributed by atoms with Crippen molar-refractivity contribution in [2.75, 3.05) is 31.1 Å². The molecule has 0 aliphatic carbocycles. The topological polar surface area (TPSA) is 43.8 Å². The standard InChI is InChI=1S/C16H22N2O2/c1-12(19)15-5-4-13(10-16(15)20)18-9-6-14(11-18)17-7-2-3-8-17/h4-5,10,14,20H,2-3,6-9,11H2,1H3. The molecule has 2 fully saturated rings. The lowest BCUT2D eigenvalue weighted by Gasteiger charge is -2.24. The van der Waals surface area contributed by atoms with Crippen molar-refractivity contribution in [2.45, 2.75) is 32.2 Å². The Morgan fingerprint density at radius 2 is 2.00 bits per heavy atom. The molecule has 0 amide bonds. The molecule has 0 radical (unpaired) electrons. The molecule has 1 atom stereocenters. The zero-order chi connectivity index (χ0) is 14.1. The summed E-state index contributed by atoms with van der Waals surface area (Å²) in [6, 6.07) is 6.05. The van der Waals surface area contributed by atoms with Gasteiger partial charge in [-0.25, -0.2) is 0 Å². The first-order valence-electron chi connectivity index (χ1n) is 7.48. The second-order valence-corrected chi connectivity index (χ2v) is 5.89. The van der Waals surface area contributed by atoms with Crippen molar-refractivity contribution < 1.29 is 9.90 Å². The average molecular weight is 274 g/mol. The number of rotatable bonds is 3. The van der Waals surface area contributed by atoms with Crippen LogP contribution in [0.2, 0.25) is 0 Å². The molecule has 3 rings (SSSR count). The second kappa shape index (κ2) is 5.44. The highest BCUT2D eigenvalue weighted by molar-refractivity contribution is 5.97. The summed E-state index contributed by atoms with van der Waals surface area (Å²) in [4.78, 5) is 16.2. The van der Waals surface area contributed by atoms with E-state index >= 15 is 0 Å². The molecule has 0 spiro atoms. The molecular weight excluding hydrogens is 252 g/mol. The molecule has 2 aliphatic heterocycles. The predicted octanol–water partition coefficient (Wildman–Crippen LogP) is 2.27. The van der Waals surface area contributed by atoms with E-state index in [-0.39, 0.29) is 11.5 Å². The van der Waals surface area contributed by atoms with Crippen molar-refractivity contribution in [3.05, 3.63) is 23.8 Å². The number of phenols is 1. The lowest BCUT2D eigenvalue weighted by atomic mass is 10.1. The van der Waals surface area contributed by atoms with Crippen molar-refractivity contribution >= 4 is 11.5 Å². The summed E-state index contributed by atoms with van der Waals surface area (Å²) in [6.07, 6.45) is 3.84. The minimum Gasteiger partial charge on any atom is -0.507 e. The zero-order valence-corrected chi connectivity index (χ0v) is 12.0. The number of hydrogen-bond donors (Lipinski definition) is 1. The number of likely N-dealkylation sites (tertiary alicyclic amines) is 1. The van der Waals surface area contributed by atoms with E-state index in [0.29, 0.717) is 11.6 Å². The fourth-order valence-corrected chi connectivity index (χ4v) is 3.40. The Morgan fingerprint density at radius 1 is 1.25 bits per heavy atom. The molecule has 2 aliphatic rings. The first-order chi connectivity index (χ1) is 9.65. The van der Waals surface area contributed by atoms with Crippen LogP contribution in [0.15, 0.2) is 18.2 Å². The number of Topliss-reactive ketones (excluding diaryl/α,β-unsaturated/α-hetero) is 1. The van der Waals surface area contributed by atoms with Crippen LogP contribution >= 0.6 is 0 Å². The lowest BCUT2D eigenvalue weighted by molar-refractivity contribution is 0.101. The van der Waals surface area contributed by atoms with E-state index in [4.69, 9.17) is 0 Å². The molecule has 4 nitrogen and oxygen atoms in total. The molecule has 2 heterocycles. The van der Waals surface area contributed by atoms with Gasteiger partial charge in [-0.1, -0.05) is 0 Å². The number of phenolic OH excluding ortho intramolecular Hbond substituents is 1. The first-order valence-corrected chi connectivity index (χ1v) is 7.48. The van der Waals surface area contributed by atoms with Gasteiger partial charge >= 0.3 is 0 Å². The Bertz CT molecular complexity index is 509. The fraction of sp³-hybridized carbons (Fsp3) is 0.562. The van der Waals surface area contributed by atoms with Gasteiger partial charge in [0.25, 0.3) is 0 Å². The van der Waals surface area contributed by atoms with Crippen LogP contribution in [0, 0.1) is 0 Å². The highest BCUT2D eigenvalue weighted by Crippen LogP contribution is 2.29. The van der Waals surface area contributed by atoms with Gasteiger partial charge in [-0.15, -0.1) is 0 Å². The first kappa shape index (κ1) is 13.4. The Balaban J connectivity index is 1.71. The molecule has 0 aromatic heterocycles. The van der Waals surface area contributed by atoms with Gasteiger partial charge in [0.2, 0.25) is 0 Å². The molecule has 1 N–H and O–H groups in total. The Hall–Kier alpha value is -1.55. The quantitative estimate of drug-likeness (QED) is 0.859. The SMILES string of the molecule is CC(=O)c1ccc(N2CCC(N3CCCC3)C2)cc1O. The number of carbonyl (C=O) groups is 1. The number of anilines is 1. The maximum absolute atomic E-state index is 11.3. The van der Waals surface area contributed by atoms with Crippen LogP contribution < -0.4 is 4.90 Å². The maximum Gasteiger partial charge on any atom is 0.163 e. The van der Waals surface area contributed by atoms with E-state index in [2.05, 4.69) is 9.80 Å².